The summed E-state index contributed by atoms with van der Waals surface area (Å²) in [7, 11) is 0. The van der Waals surface area contributed by atoms with Crippen molar-refractivity contribution in [3.05, 3.63) is 83.6 Å². The van der Waals surface area contributed by atoms with Gasteiger partial charge in [0.1, 0.15) is 5.82 Å². The molecule has 2 heterocycles. The van der Waals surface area contributed by atoms with Crippen molar-refractivity contribution < 1.29 is 9.90 Å². The van der Waals surface area contributed by atoms with E-state index < -0.39 is 5.97 Å². The number of aryl methyl sites for hydroxylation is 1. The van der Waals surface area contributed by atoms with Gasteiger partial charge in [0.15, 0.2) is 0 Å². The first-order valence-electron chi connectivity index (χ1n) is 12.3. The van der Waals surface area contributed by atoms with E-state index in [9.17, 15) is 9.90 Å². The first-order valence-corrected chi connectivity index (χ1v) is 12.3. The Kier molecular flexibility index (Phi) is 7.96. The lowest BCUT2D eigenvalue weighted by molar-refractivity contribution is -0.136. The number of nitrogens with zero attached hydrogens (tertiary/aromatic N) is 3. The molecule has 1 N–H and O–H groups in total. The minimum absolute atomic E-state index is 0.0756. The van der Waals surface area contributed by atoms with Crippen molar-refractivity contribution >= 4 is 11.8 Å². The number of carboxylic acid groups (broad SMARTS) is 1. The molecule has 1 aromatic heterocycles. The quantitative estimate of drug-likeness (QED) is 0.456. The van der Waals surface area contributed by atoms with Crippen LogP contribution in [0.3, 0.4) is 0 Å². The molecule has 0 bridgehead atoms. The van der Waals surface area contributed by atoms with E-state index in [0.717, 1.165) is 55.1 Å². The lowest BCUT2D eigenvalue weighted by Crippen LogP contribution is -2.53. The van der Waals surface area contributed by atoms with E-state index in [1.54, 1.807) is 0 Å². The molecule has 3 aromatic rings. The van der Waals surface area contributed by atoms with E-state index in [4.69, 9.17) is 4.98 Å². The molecule has 34 heavy (non-hydrogen) atoms. The smallest absolute Gasteiger partial charge is 0.307 e. The van der Waals surface area contributed by atoms with Gasteiger partial charge in [-0.15, -0.1) is 0 Å². The Morgan fingerprint density at radius 2 is 1.82 bits per heavy atom. The van der Waals surface area contributed by atoms with Gasteiger partial charge in [0, 0.05) is 44.0 Å². The number of hydrogen-bond acceptors (Lipinski definition) is 4. The second kappa shape index (κ2) is 11.3. The highest BCUT2D eigenvalue weighted by molar-refractivity contribution is 5.70. The molecule has 1 aliphatic rings. The molecule has 1 aliphatic heterocycles. The standard InChI is InChI=1S/C29H35N3O2/c1-3-4-10-27-21-31(20-24-16-22(2)15-23(17-24)18-29(33)34)13-14-32(27)28-12-11-26(19-30-28)25-8-6-5-7-9-25/h5-9,11-12,15-17,19,27H,3-4,10,13-14,18,20-21H2,1-2H3,(H,33,34)/t27-/m1/s1. The number of carbonyl (C=O) groups is 1. The highest BCUT2D eigenvalue weighted by Crippen LogP contribution is 2.26. The van der Waals surface area contributed by atoms with Crippen LogP contribution < -0.4 is 4.90 Å². The maximum Gasteiger partial charge on any atom is 0.307 e. The van der Waals surface area contributed by atoms with Crippen LogP contribution in [0.15, 0.2) is 66.9 Å². The second-order valence-corrected chi connectivity index (χ2v) is 9.39. The highest BCUT2D eigenvalue weighted by Gasteiger charge is 2.27. The van der Waals surface area contributed by atoms with Crippen LogP contribution in [-0.2, 0) is 17.8 Å². The largest absolute Gasteiger partial charge is 0.481 e. The summed E-state index contributed by atoms with van der Waals surface area (Å²) in [6.07, 6.45) is 5.59. The van der Waals surface area contributed by atoms with Crippen molar-refractivity contribution in [2.45, 2.75) is 52.1 Å². The van der Waals surface area contributed by atoms with Crippen molar-refractivity contribution in [2.24, 2.45) is 0 Å². The maximum atomic E-state index is 11.2. The van der Waals surface area contributed by atoms with Crippen molar-refractivity contribution in [3.8, 4) is 11.1 Å². The number of rotatable bonds is 9. The van der Waals surface area contributed by atoms with Gasteiger partial charge < -0.3 is 10.0 Å². The molecule has 0 unspecified atom stereocenters. The summed E-state index contributed by atoms with van der Waals surface area (Å²) in [6, 6.07) is 21.4. The van der Waals surface area contributed by atoms with Gasteiger partial charge in [-0.2, -0.15) is 0 Å². The monoisotopic (exact) mass is 457 g/mol. The van der Waals surface area contributed by atoms with Gasteiger partial charge in [-0.05, 0) is 42.2 Å². The lowest BCUT2D eigenvalue weighted by Gasteiger charge is -2.42. The number of piperazine rings is 1. The summed E-state index contributed by atoms with van der Waals surface area (Å²) >= 11 is 0. The van der Waals surface area contributed by atoms with Gasteiger partial charge in [0.2, 0.25) is 0 Å². The molecule has 1 atom stereocenters. The molecule has 0 saturated carbocycles. The molecule has 0 aliphatic carbocycles. The molecule has 2 aromatic carbocycles. The molecule has 5 nitrogen and oxygen atoms in total. The molecule has 1 fully saturated rings. The van der Waals surface area contributed by atoms with Crippen molar-refractivity contribution in [2.75, 3.05) is 24.5 Å². The van der Waals surface area contributed by atoms with Gasteiger partial charge >= 0.3 is 5.97 Å². The SMILES string of the molecule is CCCC[C@@H]1CN(Cc2cc(C)cc(CC(=O)O)c2)CCN1c1ccc(-c2ccccc2)cn1. The van der Waals surface area contributed by atoms with Crippen LogP contribution in [-0.4, -0.2) is 46.6 Å². The Balaban J connectivity index is 1.47. The number of hydrogen-bond donors (Lipinski definition) is 1. The van der Waals surface area contributed by atoms with Crippen molar-refractivity contribution in [1.82, 2.24) is 9.88 Å². The zero-order chi connectivity index (χ0) is 23.9. The molecule has 0 radical (unpaired) electrons. The van der Waals surface area contributed by atoms with E-state index in [1.807, 2.05) is 25.3 Å². The molecule has 4 rings (SSSR count). The van der Waals surface area contributed by atoms with Gasteiger partial charge in [-0.25, -0.2) is 4.98 Å². The average molecular weight is 458 g/mol. The fraction of sp³-hybridized carbons (Fsp3) is 0.379. The number of carboxylic acids is 1. The predicted octanol–water partition coefficient (Wildman–Crippen LogP) is 5.57. The Bertz CT molecular complexity index is 1080. The zero-order valence-corrected chi connectivity index (χ0v) is 20.3. The fourth-order valence-corrected chi connectivity index (χ4v) is 4.98. The second-order valence-electron chi connectivity index (χ2n) is 9.39. The third-order valence-electron chi connectivity index (χ3n) is 6.57. The topological polar surface area (TPSA) is 56.7 Å². The van der Waals surface area contributed by atoms with E-state index in [0.29, 0.717) is 6.04 Å². The van der Waals surface area contributed by atoms with E-state index in [2.05, 4.69) is 65.3 Å². The first-order chi connectivity index (χ1) is 16.5. The van der Waals surface area contributed by atoms with Crippen molar-refractivity contribution in [1.29, 1.82) is 0 Å². The average Bonchev–Trinajstić information content (AvgIpc) is 2.83. The number of aliphatic carboxylic acids is 1. The molecule has 1 saturated heterocycles. The molecule has 0 amide bonds. The van der Waals surface area contributed by atoms with Gasteiger partial charge in [-0.3, -0.25) is 9.69 Å². The van der Waals surface area contributed by atoms with Gasteiger partial charge in [0.25, 0.3) is 0 Å². The molecular weight excluding hydrogens is 422 g/mol. The summed E-state index contributed by atoms with van der Waals surface area (Å²) in [6.45, 7) is 8.04. The normalized spacial score (nSPS) is 16.5. The van der Waals surface area contributed by atoms with Crippen LogP contribution >= 0.6 is 0 Å². The van der Waals surface area contributed by atoms with Crippen LogP contribution in [0.4, 0.5) is 5.82 Å². The number of anilines is 1. The third kappa shape index (κ3) is 6.23. The molecule has 178 valence electrons. The van der Waals surface area contributed by atoms with Crippen LogP contribution in [0.5, 0.6) is 0 Å². The Morgan fingerprint density at radius 3 is 2.53 bits per heavy atom. The Morgan fingerprint density at radius 1 is 1.03 bits per heavy atom. The van der Waals surface area contributed by atoms with Crippen LogP contribution in [0.2, 0.25) is 0 Å². The predicted molar refractivity (Wildman–Crippen MR) is 138 cm³/mol. The fourth-order valence-electron chi connectivity index (χ4n) is 4.98. The summed E-state index contributed by atoms with van der Waals surface area (Å²) < 4.78 is 0. The molecular formula is C29H35N3O2. The van der Waals surface area contributed by atoms with Gasteiger partial charge in [-0.1, -0.05) is 73.9 Å². The van der Waals surface area contributed by atoms with Crippen LogP contribution in [0, 0.1) is 6.92 Å². The zero-order valence-electron chi connectivity index (χ0n) is 20.3. The van der Waals surface area contributed by atoms with E-state index in [1.165, 1.54) is 24.0 Å². The molecule has 5 heteroatoms. The minimum atomic E-state index is -0.782. The minimum Gasteiger partial charge on any atom is -0.481 e. The van der Waals surface area contributed by atoms with Crippen LogP contribution in [0.25, 0.3) is 11.1 Å². The maximum absolute atomic E-state index is 11.2. The summed E-state index contributed by atoms with van der Waals surface area (Å²) in [5.74, 6) is 0.273. The van der Waals surface area contributed by atoms with E-state index in [-0.39, 0.29) is 6.42 Å². The molecule has 0 spiro atoms. The Hall–Kier alpha value is -3.18. The summed E-state index contributed by atoms with van der Waals surface area (Å²) in [5, 5.41) is 9.18. The summed E-state index contributed by atoms with van der Waals surface area (Å²) in [5.41, 5.74) is 5.53. The van der Waals surface area contributed by atoms with E-state index >= 15 is 0 Å². The number of unbranched alkanes of at least 4 members (excludes halogenated alkanes) is 1. The summed E-state index contributed by atoms with van der Waals surface area (Å²) in [4.78, 5) is 21.0. The van der Waals surface area contributed by atoms with Gasteiger partial charge in [0.05, 0.1) is 6.42 Å². The Labute approximate surface area is 203 Å². The number of benzene rings is 2. The third-order valence-corrected chi connectivity index (χ3v) is 6.57. The lowest BCUT2D eigenvalue weighted by atomic mass is 10.0. The number of pyridine rings is 1. The van der Waals surface area contributed by atoms with Crippen LogP contribution in [0.1, 0.15) is 42.9 Å². The highest BCUT2D eigenvalue weighted by atomic mass is 16.4. The first kappa shape index (κ1) is 24.0. The number of aromatic nitrogens is 1. The van der Waals surface area contributed by atoms with Crippen molar-refractivity contribution in [3.63, 3.8) is 0 Å².